The summed E-state index contributed by atoms with van der Waals surface area (Å²) in [7, 11) is 0. The molecule has 1 aliphatic carbocycles. The molecule has 0 spiro atoms. The maximum atomic E-state index is 12.7. The molecule has 124 valence electrons. The SMILES string of the molecule is CCOC(=O)C1C(=O)C=C(c2ccco2)CC1c1ccccc1C. The number of aryl methyl sites for hydroxylation is 1. The first-order valence-electron chi connectivity index (χ1n) is 8.12. The fourth-order valence-electron chi connectivity index (χ4n) is 3.31. The Kier molecular flexibility index (Phi) is 4.65. The molecule has 3 rings (SSSR count). The molecule has 0 aliphatic heterocycles. The van der Waals surface area contributed by atoms with Crippen LogP contribution in [0.15, 0.2) is 53.2 Å². The summed E-state index contributed by atoms with van der Waals surface area (Å²) in [6.45, 7) is 4.00. The molecule has 2 aromatic rings. The third-order valence-corrected chi connectivity index (χ3v) is 4.43. The van der Waals surface area contributed by atoms with Crippen molar-refractivity contribution in [3.8, 4) is 0 Å². The second kappa shape index (κ2) is 6.87. The predicted octanol–water partition coefficient (Wildman–Crippen LogP) is 3.91. The van der Waals surface area contributed by atoms with Gasteiger partial charge in [-0.2, -0.15) is 0 Å². The number of hydrogen-bond acceptors (Lipinski definition) is 4. The molecule has 0 saturated heterocycles. The van der Waals surface area contributed by atoms with E-state index in [2.05, 4.69) is 0 Å². The van der Waals surface area contributed by atoms with E-state index in [-0.39, 0.29) is 18.3 Å². The molecule has 0 radical (unpaired) electrons. The number of esters is 1. The largest absolute Gasteiger partial charge is 0.465 e. The smallest absolute Gasteiger partial charge is 0.317 e. The van der Waals surface area contributed by atoms with Crippen molar-refractivity contribution < 1.29 is 18.7 Å². The maximum Gasteiger partial charge on any atom is 0.317 e. The van der Waals surface area contributed by atoms with Crippen molar-refractivity contribution in [3.63, 3.8) is 0 Å². The van der Waals surface area contributed by atoms with Gasteiger partial charge in [0, 0.05) is 5.92 Å². The van der Waals surface area contributed by atoms with Crippen LogP contribution in [-0.2, 0) is 14.3 Å². The quantitative estimate of drug-likeness (QED) is 0.632. The van der Waals surface area contributed by atoms with E-state index in [0.717, 1.165) is 16.7 Å². The van der Waals surface area contributed by atoms with Gasteiger partial charge in [-0.3, -0.25) is 9.59 Å². The average Bonchev–Trinajstić information content (AvgIpc) is 3.09. The van der Waals surface area contributed by atoms with Crippen molar-refractivity contribution >= 4 is 17.3 Å². The lowest BCUT2D eigenvalue weighted by Crippen LogP contribution is -2.34. The number of carbonyl (C=O) groups excluding carboxylic acids is 2. The molecule has 0 fully saturated rings. The van der Waals surface area contributed by atoms with Crippen molar-refractivity contribution in [3.05, 3.63) is 65.6 Å². The lowest BCUT2D eigenvalue weighted by Gasteiger charge is -2.29. The number of ketones is 1. The minimum absolute atomic E-state index is 0.223. The molecule has 0 saturated carbocycles. The van der Waals surface area contributed by atoms with Crippen LogP contribution in [-0.4, -0.2) is 18.4 Å². The van der Waals surface area contributed by atoms with E-state index >= 15 is 0 Å². The van der Waals surface area contributed by atoms with Crippen molar-refractivity contribution in [1.29, 1.82) is 0 Å². The lowest BCUT2D eigenvalue weighted by molar-refractivity contribution is -0.151. The molecule has 2 unspecified atom stereocenters. The van der Waals surface area contributed by atoms with Gasteiger partial charge in [0.05, 0.1) is 12.9 Å². The molecule has 24 heavy (non-hydrogen) atoms. The first kappa shape index (κ1) is 16.2. The van der Waals surface area contributed by atoms with E-state index in [9.17, 15) is 9.59 Å². The van der Waals surface area contributed by atoms with Crippen molar-refractivity contribution in [2.75, 3.05) is 6.61 Å². The van der Waals surface area contributed by atoms with Crippen LogP contribution < -0.4 is 0 Å². The van der Waals surface area contributed by atoms with Gasteiger partial charge in [0.1, 0.15) is 11.7 Å². The number of carbonyl (C=O) groups is 2. The predicted molar refractivity (Wildman–Crippen MR) is 90.4 cm³/mol. The highest BCUT2D eigenvalue weighted by atomic mass is 16.5. The first-order valence-corrected chi connectivity index (χ1v) is 8.12. The topological polar surface area (TPSA) is 56.5 Å². The molecule has 1 aromatic heterocycles. The summed E-state index contributed by atoms with van der Waals surface area (Å²) in [4.78, 5) is 25.1. The van der Waals surface area contributed by atoms with Gasteiger partial charge in [0.15, 0.2) is 5.78 Å². The number of ether oxygens (including phenoxy) is 1. The Morgan fingerprint density at radius 2 is 2.04 bits per heavy atom. The number of benzene rings is 1. The van der Waals surface area contributed by atoms with E-state index in [1.165, 1.54) is 6.08 Å². The van der Waals surface area contributed by atoms with Crippen LogP contribution in [0.4, 0.5) is 0 Å². The number of hydrogen-bond donors (Lipinski definition) is 0. The van der Waals surface area contributed by atoms with E-state index < -0.39 is 11.9 Å². The molecule has 4 nitrogen and oxygen atoms in total. The third-order valence-electron chi connectivity index (χ3n) is 4.43. The Morgan fingerprint density at radius 1 is 1.25 bits per heavy atom. The summed E-state index contributed by atoms with van der Waals surface area (Å²) in [5.74, 6) is -1.05. The number of furan rings is 1. The summed E-state index contributed by atoms with van der Waals surface area (Å²) in [6.07, 6.45) is 3.67. The highest BCUT2D eigenvalue weighted by Crippen LogP contribution is 2.41. The van der Waals surface area contributed by atoms with Gasteiger partial charge in [-0.1, -0.05) is 24.3 Å². The summed E-state index contributed by atoms with van der Waals surface area (Å²) in [5, 5.41) is 0. The van der Waals surface area contributed by atoms with Crippen molar-refractivity contribution in [2.24, 2.45) is 5.92 Å². The number of allylic oxidation sites excluding steroid dienone is 2. The zero-order valence-corrected chi connectivity index (χ0v) is 13.8. The van der Waals surface area contributed by atoms with E-state index in [1.54, 1.807) is 19.3 Å². The van der Waals surface area contributed by atoms with Gasteiger partial charge in [-0.05, 0) is 55.2 Å². The Morgan fingerprint density at radius 3 is 2.71 bits per heavy atom. The van der Waals surface area contributed by atoms with Crippen molar-refractivity contribution in [1.82, 2.24) is 0 Å². The minimum atomic E-state index is -0.801. The van der Waals surface area contributed by atoms with Crippen LogP contribution >= 0.6 is 0 Å². The van der Waals surface area contributed by atoms with E-state index in [0.29, 0.717) is 12.2 Å². The van der Waals surface area contributed by atoms with Crippen LogP contribution in [0.25, 0.3) is 5.57 Å². The summed E-state index contributed by atoms with van der Waals surface area (Å²) in [5.41, 5.74) is 2.88. The molecule has 0 amide bonds. The standard InChI is InChI=1S/C20H20O4/c1-3-23-20(22)19-16(15-8-5-4-7-13(15)2)11-14(12-17(19)21)18-9-6-10-24-18/h4-10,12,16,19H,3,11H2,1-2H3. The van der Waals surface area contributed by atoms with Gasteiger partial charge in [0.25, 0.3) is 0 Å². The second-order valence-electron chi connectivity index (χ2n) is 5.95. The number of rotatable bonds is 4. The Labute approximate surface area is 141 Å². The first-order chi connectivity index (χ1) is 11.6. The fraction of sp³-hybridized carbons (Fsp3) is 0.300. The molecular formula is C20H20O4. The van der Waals surface area contributed by atoms with E-state index in [4.69, 9.17) is 9.15 Å². The van der Waals surface area contributed by atoms with Gasteiger partial charge in [0.2, 0.25) is 0 Å². The van der Waals surface area contributed by atoms with Crippen LogP contribution in [0, 0.1) is 12.8 Å². The zero-order chi connectivity index (χ0) is 17.1. The maximum absolute atomic E-state index is 12.7. The summed E-state index contributed by atoms with van der Waals surface area (Å²) in [6, 6.07) is 11.5. The van der Waals surface area contributed by atoms with Crippen LogP contribution in [0.5, 0.6) is 0 Å². The molecule has 1 aromatic carbocycles. The molecule has 4 heteroatoms. The van der Waals surface area contributed by atoms with Gasteiger partial charge >= 0.3 is 5.97 Å². The molecule has 0 N–H and O–H groups in total. The average molecular weight is 324 g/mol. The monoisotopic (exact) mass is 324 g/mol. The molecule has 0 bridgehead atoms. The second-order valence-corrected chi connectivity index (χ2v) is 5.95. The normalized spacial score (nSPS) is 20.6. The highest BCUT2D eigenvalue weighted by molar-refractivity contribution is 6.10. The fourth-order valence-corrected chi connectivity index (χ4v) is 3.31. The molecule has 1 heterocycles. The van der Waals surface area contributed by atoms with Crippen LogP contribution in [0.3, 0.4) is 0 Å². The van der Waals surface area contributed by atoms with Gasteiger partial charge in [-0.25, -0.2) is 0 Å². The molecule has 1 aliphatic rings. The van der Waals surface area contributed by atoms with Crippen molar-refractivity contribution in [2.45, 2.75) is 26.2 Å². The Bertz CT molecular complexity index is 771. The van der Waals surface area contributed by atoms with Gasteiger partial charge < -0.3 is 9.15 Å². The Balaban J connectivity index is 2.04. The summed E-state index contributed by atoms with van der Waals surface area (Å²) < 4.78 is 10.6. The minimum Gasteiger partial charge on any atom is -0.465 e. The van der Waals surface area contributed by atoms with Gasteiger partial charge in [-0.15, -0.1) is 0 Å². The lowest BCUT2D eigenvalue weighted by atomic mass is 9.73. The zero-order valence-electron chi connectivity index (χ0n) is 13.8. The Hall–Kier alpha value is -2.62. The van der Waals surface area contributed by atoms with Crippen LogP contribution in [0.2, 0.25) is 0 Å². The third kappa shape index (κ3) is 3.04. The van der Waals surface area contributed by atoms with Crippen LogP contribution in [0.1, 0.15) is 36.1 Å². The van der Waals surface area contributed by atoms with E-state index in [1.807, 2.05) is 37.3 Å². The molecule has 2 atom stereocenters. The summed E-state index contributed by atoms with van der Waals surface area (Å²) >= 11 is 0. The highest BCUT2D eigenvalue weighted by Gasteiger charge is 2.40. The molecular weight excluding hydrogens is 304 g/mol.